The van der Waals surface area contributed by atoms with Gasteiger partial charge in [-0.05, 0) is 12.0 Å². The van der Waals surface area contributed by atoms with Gasteiger partial charge in [-0.1, -0.05) is 30.3 Å². The second kappa shape index (κ2) is 7.71. The van der Waals surface area contributed by atoms with Crippen molar-refractivity contribution in [2.24, 2.45) is 0 Å². The van der Waals surface area contributed by atoms with Crippen molar-refractivity contribution < 1.29 is 5.11 Å². The molecule has 0 atom stereocenters. The van der Waals surface area contributed by atoms with Gasteiger partial charge in [-0.2, -0.15) is 0 Å². The van der Waals surface area contributed by atoms with Crippen molar-refractivity contribution in [3.63, 3.8) is 0 Å². The van der Waals surface area contributed by atoms with Crippen LogP contribution in [-0.2, 0) is 13.1 Å². The minimum atomic E-state index is 0.206. The van der Waals surface area contributed by atoms with Crippen molar-refractivity contribution in [1.82, 2.24) is 14.5 Å². The average molecular weight is 259 g/mol. The Morgan fingerprint density at radius 3 is 2.68 bits per heavy atom. The van der Waals surface area contributed by atoms with Gasteiger partial charge in [0.25, 0.3) is 0 Å². The van der Waals surface area contributed by atoms with Gasteiger partial charge in [0.1, 0.15) is 0 Å². The van der Waals surface area contributed by atoms with Crippen LogP contribution in [0.5, 0.6) is 0 Å². The van der Waals surface area contributed by atoms with Crippen LogP contribution in [0.15, 0.2) is 49.1 Å². The molecular formula is C15H21N3O. The zero-order valence-corrected chi connectivity index (χ0v) is 11.2. The monoisotopic (exact) mass is 259 g/mol. The van der Waals surface area contributed by atoms with Crippen LogP contribution >= 0.6 is 0 Å². The quantitative estimate of drug-likeness (QED) is 0.785. The van der Waals surface area contributed by atoms with Crippen LogP contribution in [0.3, 0.4) is 0 Å². The Morgan fingerprint density at radius 1 is 1.16 bits per heavy atom. The Kier molecular flexibility index (Phi) is 5.59. The van der Waals surface area contributed by atoms with E-state index in [1.54, 1.807) is 6.20 Å². The van der Waals surface area contributed by atoms with Crippen LogP contribution < -0.4 is 0 Å². The van der Waals surface area contributed by atoms with Gasteiger partial charge in [-0.15, -0.1) is 0 Å². The first kappa shape index (κ1) is 13.8. The second-order valence-corrected chi connectivity index (χ2v) is 4.64. The summed E-state index contributed by atoms with van der Waals surface area (Å²) in [4.78, 5) is 6.32. The van der Waals surface area contributed by atoms with Crippen molar-refractivity contribution in [1.29, 1.82) is 0 Å². The van der Waals surface area contributed by atoms with E-state index in [2.05, 4.69) is 38.7 Å². The van der Waals surface area contributed by atoms with Crippen molar-refractivity contribution in [3.8, 4) is 0 Å². The first-order valence-corrected chi connectivity index (χ1v) is 6.71. The first-order chi connectivity index (χ1) is 9.38. The number of hydrogen-bond donors (Lipinski definition) is 1. The minimum Gasteiger partial charge on any atom is -0.395 e. The molecule has 1 aromatic heterocycles. The molecule has 2 aromatic rings. The Hall–Kier alpha value is -1.65. The zero-order valence-electron chi connectivity index (χ0n) is 11.2. The fourth-order valence-electron chi connectivity index (χ4n) is 2.15. The summed E-state index contributed by atoms with van der Waals surface area (Å²) in [6.07, 6.45) is 6.68. The van der Waals surface area contributed by atoms with E-state index in [1.807, 2.05) is 18.6 Å². The molecule has 0 aliphatic carbocycles. The molecule has 0 saturated heterocycles. The number of aliphatic hydroxyl groups is 1. The molecule has 0 spiro atoms. The van der Waals surface area contributed by atoms with Crippen LogP contribution in [0.4, 0.5) is 0 Å². The third-order valence-electron chi connectivity index (χ3n) is 3.12. The molecule has 19 heavy (non-hydrogen) atoms. The van der Waals surface area contributed by atoms with Crippen molar-refractivity contribution in [2.45, 2.75) is 19.5 Å². The van der Waals surface area contributed by atoms with Crippen LogP contribution in [-0.4, -0.2) is 39.3 Å². The van der Waals surface area contributed by atoms with Crippen LogP contribution in [0.25, 0.3) is 0 Å². The van der Waals surface area contributed by atoms with Gasteiger partial charge >= 0.3 is 0 Å². The van der Waals surface area contributed by atoms with Crippen molar-refractivity contribution in [2.75, 3.05) is 19.7 Å². The summed E-state index contributed by atoms with van der Waals surface area (Å²) in [7, 11) is 0. The Bertz CT molecular complexity index is 442. The number of aliphatic hydroxyl groups excluding tert-OH is 1. The standard InChI is InChI=1S/C15H21N3O/c19-12-11-17(13-15-5-2-1-3-6-15)8-4-9-18-10-7-16-14-18/h1-3,5-7,10,14,19H,4,8-9,11-13H2. The molecule has 102 valence electrons. The van der Waals surface area contributed by atoms with E-state index in [4.69, 9.17) is 5.11 Å². The summed E-state index contributed by atoms with van der Waals surface area (Å²) in [6, 6.07) is 10.4. The predicted octanol–water partition coefficient (Wildman–Crippen LogP) is 1.77. The average Bonchev–Trinajstić information content (AvgIpc) is 2.93. The first-order valence-electron chi connectivity index (χ1n) is 6.71. The third-order valence-corrected chi connectivity index (χ3v) is 3.12. The van der Waals surface area contributed by atoms with E-state index in [9.17, 15) is 0 Å². The van der Waals surface area contributed by atoms with E-state index in [1.165, 1.54) is 5.56 Å². The number of aryl methyl sites for hydroxylation is 1. The summed E-state index contributed by atoms with van der Waals surface area (Å²) in [5, 5.41) is 9.14. The molecule has 0 radical (unpaired) electrons. The summed E-state index contributed by atoms with van der Waals surface area (Å²) >= 11 is 0. The van der Waals surface area contributed by atoms with Gasteiger partial charge in [0.2, 0.25) is 0 Å². The van der Waals surface area contributed by atoms with E-state index < -0.39 is 0 Å². The molecule has 0 unspecified atom stereocenters. The number of rotatable bonds is 8. The van der Waals surface area contributed by atoms with Gasteiger partial charge in [0, 0.05) is 38.6 Å². The number of imidazole rings is 1. The molecule has 0 fully saturated rings. The Labute approximate surface area is 114 Å². The Morgan fingerprint density at radius 2 is 2.00 bits per heavy atom. The van der Waals surface area contributed by atoms with E-state index in [-0.39, 0.29) is 6.61 Å². The lowest BCUT2D eigenvalue weighted by molar-refractivity contribution is 0.186. The molecule has 0 aliphatic heterocycles. The molecule has 0 bridgehead atoms. The van der Waals surface area contributed by atoms with Gasteiger partial charge in [0.05, 0.1) is 12.9 Å². The maximum Gasteiger partial charge on any atom is 0.0945 e. The third kappa shape index (κ3) is 4.85. The highest BCUT2D eigenvalue weighted by atomic mass is 16.3. The zero-order chi connectivity index (χ0) is 13.3. The fraction of sp³-hybridized carbons (Fsp3) is 0.400. The predicted molar refractivity (Wildman–Crippen MR) is 75.6 cm³/mol. The van der Waals surface area contributed by atoms with Gasteiger partial charge in [-0.3, -0.25) is 4.90 Å². The highest BCUT2D eigenvalue weighted by Gasteiger charge is 2.05. The molecule has 1 N–H and O–H groups in total. The minimum absolute atomic E-state index is 0.206. The number of aromatic nitrogens is 2. The number of benzene rings is 1. The largest absolute Gasteiger partial charge is 0.395 e. The highest BCUT2D eigenvalue weighted by Crippen LogP contribution is 2.05. The lowest BCUT2D eigenvalue weighted by Crippen LogP contribution is -2.28. The molecule has 2 rings (SSSR count). The van der Waals surface area contributed by atoms with Crippen LogP contribution in [0.2, 0.25) is 0 Å². The fourth-order valence-corrected chi connectivity index (χ4v) is 2.15. The number of nitrogens with zero attached hydrogens (tertiary/aromatic N) is 3. The van der Waals surface area contributed by atoms with Crippen molar-refractivity contribution >= 4 is 0 Å². The lowest BCUT2D eigenvalue weighted by atomic mass is 10.2. The summed E-state index contributed by atoms with van der Waals surface area (Å²) < 4.78 is 2.08. The summed E-state index contributed by atoms with van der Waals surface area (Å²) in [6.45, 7) is 3.77. The molecule has 0 saturated carbocycles. The maximum absolute atomic E-state index is 9.14. The summed E-state index contributed by atoms with van der Waals surface area (Å²) in [5.41, 5.74) is 1.29. The van der Waals surface area contributed by atoms with Crippen LogP contribution in [0.1, 0.15) is 12.0 Å². The van der Waals surface area contributed by atoms with Crippen molar-refractivity contribution in [3.05, 3.63) is 54.6 Å². The smallest absolute Gasteiger partial charge is 0.0945 e. The number of hydrogen-bond acceptors (Lipinski definition) is 3. The molecule has 1 aromatic carbocycles. The normalized spacial score (nSPS) is 11.1. The molecule has 1 heterocycles. The van der Waals surface area contributed by atoms with E-state index in [0.717, 1.165) is 32.6 Å². The topological polar surface area (TPSA) is 41.3 Å². The second-order valence-electron chi connectivity index (χ2n) is 4.64. The van der Waals surface area contributed by atoms with Crippen LogP contribution in [0, 0.1) is 0 Å². The molecule has 4 nitrogen and oxygen atoms in total. The highest BCUT2D eigenvalue weighted by molar-refractivity contribution is 5.14. The SMILES string of the molecule is OCCN(CCCn1ccnc1)Cc1ccccc1. The Balaban J connectivity index is 1.79. The molecule has 0 amide bonds. The van der Waals surface area contributed by atoms with Gasteiger partial charge in [0.15, 0.2) is 0 Å². The lowest BCUT2D eigenvalue weighted by Gasteiger charge is -2.21. The van der Waals surface area contributed by atoms with Gasteiger partial charge in [-0.25, -0.2) is 4.98 Å². The van der Waals surface area contributed by atoms with Gasteiger partial charge < -0.3 is 9.67 Å². The summed E-state index contributed by atoms with van der Waals surface area (Å²) in [5.74, 6) is 0. The molecular weight excluding hydrogens is 238 g/mol. The molecule has 0 aliphatic rings. The van der Waals surface area contributed by atoms with E-state index in [0.29, 0.717) is 0 Å². The molecule has 4 heteroatoms. The van der Waals surface area contributed by atoms with E-state index >= 15 is 0 Å². The maximum atomic E-state index is 9.14.